The maximum atomic E-state index is 12.5. The Bertz CT molecular complexity index is 769. The smallest absolute Gasteiger partial charge is 0.410 e. The van der Waals surface area contributed by atoms with E-state index >= 15 is 0 Å². The van der Waals surface area contributed by atoms with Crippen LogP contribution in [-0.2, 0) is 17.7 Å². The molecule has 3 rings (SSSR count). The molecule has 0 saturated carbocycles. The summed E-state index contributed by atoms with van der Waals surface area (Å²) in [5.41, 5.74) is 1.73. The van der Waals surface area contributed by atoms with Gasteiger partial charge in [-0.05, 0) is 39.3 Å². The molecule has 0 bridgehead atoms. The molecule has 1 N–H and O–H groups in total. The number of nitrogens with zero attached hydrogens (tertiary/aromatic N) is 2. The predicted molar refractivity (Wildman–Crippen MR) is 86.7 cm³/mol. The fourth-order valence-corrected chi connectivity index (χ4v) is 2.66. The summed E-state index contributed by atoms with van der Waals surface area (Å²) in [6, 6.07) is 9.41. The number of aromatic nitrogens is 2. The minimum Gasteiger partial charge on any atom is -0.444 e. The van der Waals surface area contributed by atoms with Gasteiger partial charge >= 0.3 is 6.09 Å². The fourth-order valence-electron chi connectivity index (χ4n) is 2.66. The lowest BCUT2D eigenvalue weighted by Crippen LogP contribution is -2.40. The van der Waals surface area contributed by atoms with E-state index in [4.69, 9.17) is 4.74 Å². The Morgan fingerprint density at radius 3 is 2.57 bits per heavy atom. The minimum absolute atomic E-state index is 0.0463. The van der Waals surface area contributed by atoms with Crippen molar-refractivity contribution in [3.05, 3.63) is 51.9 Å². The molecule has 0 aliphatic carbocycles. The van der Waals surface area contributed by atoms with Crippen molar-refractivity contribution in [2.24, 2.45) is 0 Å². The molecule has 2 heterocycles. The molecular weight excluding hydrogens is 294 g/mol. The standard InChI is InChI=1S/C17H21N3O3/c1-17(2,3)23-16(22)19-10-9-13-14(11-19)18-20(15(13)21)12-7-5-4-6-8-12/h4-8,18H,9-11H2,1-3H3. The highest BCUT2D eigenvalue weighted by atomic mass is 16.6. The summed E-state index contributed by atoms with van der Waals surface area (Å²) < 4.78 is 6.93. The van der Waals surface area contributed by atoms with E-state index in [9.17, 15) is 9.59 Å². The van der Waals surface area contributed by atoms with Crippen molar-refractivity contribution in [2.45, 2.75) is 39.3 Å². The number of ether oxygens (including phenoxy) is 1. The highest BCUT2D eigenvalue weighted by Crippen LogP contribution is 2.18. The van der Waals surface area contributed by atoms with E-state index in [1.165, 1.54) is 4.68 Å². The van der Waals surface area contributed by atoms with Crippen molar-refractivity contribution in [1.29, 1.82) is 0 Å². The normalized spacial score (nSPS) is 14.5. The molecule has 0 saturated heterocycles. The number of rotatable bonds is 1. The third kappa shape index (κ3) is 3.16. The fraction of sp³-hybridized carbons (Fsp3) is 0.412. The molecule has 1 amide bonds. The predicted octanol–water partition coefficient (Wildman–Crippen LogP) is 2.46. The van der Waals surface area contributed by atoms with Crippen molar-refractivity contribution in [1.82, 2.24) is 14.7 Å². The first-order chi connectivity index (χ1) is 10.8. The second-order valence-electron chi connectivity index (χ2n) is 6.70. The summed E-state index contributed by atoms with van der Waals surface area (Å²) in [6.07, 6.45) is 0.181. The molecule has 0 fully saturated rings. The van der Waals surface area contributed by atoms with Crippen LogP contribution in [0.5, 0.6) is 0 Å². The van der Waals surface area contributed by atoms with Gasteiger partial charge in [-0.3, -0.25) is 9.89 Å². The molecule has 1 aliphatic rings. The van der Waals surface area contributed by atoms with E-state index in [-0.39, 0.29) is 11.7 Å². The van der Waals surface area contributed by atoms with Crippen LogP contribution in [0.3, 0.4) is 0 Å². The van der Waals surface area contributed by atoms with Crippen LogP contribution in [0, 0.1) is 0 Å². The molecule has 1 aromatic carbocycles. The van der Waals surface area contributed by atoms with Crippen molar-refractivity contribution >= 4 is 6.09 Å². The summed E-state index contributed by atoms with van der Waals surface area (Å²) in [5, 5.41) is 3.12. The van der Waals surface area contributed by atoms with Gasteiger partial charge in [-0.2, -0.15) is 0 Å². The van der Waals surface area contributed by atoms with Crippen LogP contribution in [0.25, 0.3) is 5.69 Å². The van der Waals surface area contributed by atoms with Gasteiger partial charge in [-0.25, -0.2) is 9.48 Å². The molecule has 1 aliphatic heterocycles. The Morgan fingerprint density at radius 1 is 1.22 bits per heavy atom. The number of carbonyl (C=O) groups is 1. The summed E-state index contributed by atoms with van der Waals surface area (Å²) >= 11 is 0. The lowest BCUT2D eigenvalue weighted by Gasteiger charge is -2.29. The topological polar surface area (TPSA) is 67.3 Å². The number of nitrogens with one attached hydrogen (secondary N) is 1. The zero-order valence-electron chi connectivity index (χ0n) is 13.6. The van der Waals surface area contributed by atoms with Gasteiger partial charge in [0, 0.05) is 12.1 Å². The molecule has 6 heteroatoms. The molecule has 1 aromatic heterocycles. The van der Waals surface area contributed by atoms with Gasteiger partial charge in [0.15, 0.2) is 0 Å². The second-order valence-corrected chi connectivity index (χ2v) is 6.70. The van der Waals surface area contributed by atoms with E-state index in [1.807, 2.05) is 51.1 Å². The number of benzene rings is 1. The lowest BCUT2D eigenvalue weighted by molar-refractivity contribution is 0.0221. The van der Waals surface area contributed by atoms with Crippen molar-refractivity contribution < 1.29 is 9.53 Å². The highest BCUT2D eigenvalue weighted by Gasteiger charge is 2.28. The van der Waals surface area contributed by atoms with Crippen LogP contribution in [-0.4, -0.2) is 32.9 Å². The molecule has 122 valence electrons. The van der Waals surface area contributed by atoms with Crippen LogP contribution in [0.2, 0.25) is 0 Å². The first-order valence-electron chi connectivity index (χ1n) is 7.71. The van der Waals surface area contributed by atoms with E-state index in [0.29, 0.717) is 19.5 Å². The summed E-state index contributed by atoms with van der Waals surface area (Å²) in [6.45, 7) is 6.37. The van der Waals surface area contributed by atoms with Crippen LogP contribution < -0.4 is 5.56 Å². The third-order valence-corrected chi connectivity index (χ3v) is 3.72. The van der Waals surface area contributed by atoms with Gasteiger partial charge < -0.3 is 9.64 Å². The Hall–Kier alpha value is -2.50. The van der Waals surface area contributed by atoms with E-state index in [1.54, 1.807) is 4.90 Å². The van der Waals surface area contributed by atoms with Crippen LogP contribution in [0.1, 0.15) is 32.0 Å². The molecule has 6 nitrogen and oxygen atoms in total. The molecule has 0 atom stereocenters. The number of H-pyrrole nitrogens is 1. The highest BCUT2D eigenvalue weighted by molar-refractivity contribution is 5.68. The monoisotopic (exact) mass is 315 g/mol. The van der Waals surface area contributed by atoms with Crippen LogP contribution >= 0.6 is 0 Å². The summed E-state index contributed by atoms with van der Waals surface area (Å²) in [5.74, 6) is 0. The number of amides is 1. The Balaban J connectivity index is 1.85. The number of hydrogen-bond acceptors (Lipinski definition) is 3. The Kier molecular flexibility index (Phi) is 3.75. The number of aromatic amines is 1. The third-order valence-electron chi connectivity index (χ3n) is 3.72. The molecule has 0 unspecified atom stereocenters. The van der Waals surface area contributed by atoms with Crippen molar-refractivity contribution in [3.63, 3.8) is 0 Å². The largest absolute Gasteiger partial charge is 0.444 e. The number of hydrogen-bond donors (Lipinski definition) is 1. The van der Waals surface area contributed by atoms with Crippen LogP contribution in [0.15, 0.2) is 35.1 Å². The molecular formula is C17H21N3O3. The number of carbonyl (C=O) groups excluding carboxylic acids is 1. The van der Waals surface area contributed by atoms with Gasteiger partial charge in [0.05, 0.1) is 17.9 Å². The van der Waals surface area contributed by atoms with Gasteiger partial charge in [0.25, 0.3) is 5.56 Å². The van der Waals surface area contributed by atoms with E-state index in [0.717, 1.165) is 16.9 Å². The van der Waals surface area contributed by atoms with Crippen LogP contribution in [0.4, 0.5) is 4.79 Å². The SMILES string of the molecule is CC(C)(C)OC(=O)N1CCc2c([nH]n(-c3ccccc3)c2=O)C1. The first-order valence-corrected chi connectivity index (χ1v) is 7.71. The zero-order chi connectivity index (χ0) is 16.6. The van der Waals surface area contributed by atoms with E-state index < -0.39 is 5.60 Å². The maximum Gasteiger partial charge on any atom is 0.410 e. The van der Waals surface area contributed by atoms with Crippen molar-refractivity contribution in [2.75, 3.05) is 6.54 Å². The molecule has 0 radical (unpaired) electrons. The van der Waals surface area contributed by atoms with Gasteiger partial charge in [0.1, 0.15) is 5.60 Å². The maximum absolute atomic E-state index is 12.5. The van der Waals surface area contributed by atoms with E-state index in [2.05, 4.69) is 5.10 Å². The molecule has 23 heavy (non-hydrogen) atoms. The zero-order valence-corrected chi connectivity index (χ0v) is 13.6. The molecule has 0 spiro atoms. The Labute approximate surface area is 134 Å². The first kappa shape index (κ1) is 15.4. The quantitative estimate of drug-likeness (QED) is 0.879. The summed E-state index contributed by atoms with van der Waals surface area (Å²) in [4.78, 5) is 26.3. The average molecular weight is 315 g/mol. The minimum atomic E-state index is -0.527. The number of para-hydroxylation sites is 1. The summed E-state index contributed by atoms with van der Waals surface area (Å²) in [7, 11) is 0. The van der Waals surface area contributed by atoms with Gasteiger partial charge in [0.2, 0.25) is 0 Å². The van der Waals surface area contributed by atoms with Gasteiger partial charge in [-0.1, -0.05) is 18.2 Å². The van der Waals surface area contributed by atoms with Gasteiger partial charge in [-0.15, -0.1) is 0 Å². The molecule has 2 aromatic rings. The average Bonchev–Trinajstić information content (AvgIpc) is 2.83. The second kappa shape index (κ2) is 5.61. The number of fused-ring (bicyclic) bond motifs is 1. The Morgan fingerprint density at radius 2 is 1.91 bits per heavy atom. The lowest BCUT2D eigenvalue weighted by atomic mass is 10.1. The van der Waals surface area contributed by atoms with Crippen molar-refractivity contribution in [3.8, 4) is 5.69 Å².